The molecule has 3 aromatic rings. The molecule has 200 valence electrons. The Morgan fingerprint density at radius 1 is 1.08 bits per heavy atom. The number of nitrogens with zero attached hydrogens (tertiary/aromatic N) is 6. The fourth-order valence-electron chi connectivity index (χ4n) is 5.72. The van der Waals surface area contributed by atoms with E-state index < -0.39 is 18.1 Å². The van der Waals surface area contributed by atoms with Crippen LogP contribution >= 0.6 is 11.8 Å². The fourth-order valence-corrected chi connectivity index (χ4v) is 6.81. The van der Waals surface area contributed by atoms with Crippen molar-refractivity contribution in [2.24, 2.45) is 0 Å². The Morgan fingerprint density at radius 2 is 1.89 bits per heavy atom. The van der Waals surface area contributed by atoms with Gasteiger partial charge in [0.25, 0.3) is 5.89 Å². The van der Waals surface area contributed by atoms with Gasteiger partial charge in [-0.2, -0.15) is 20.5 Å². The normalized spacial score (nSPS) is 21.9. The summed E-state index contributed by atoms with van der Waals surface area (Å²) >= 11 is 2.01. The molecule has 5 heterocycles. The average molecular weight is 545 g/mol. The van der Waals surface area contributed by atoms with Crippen molar-refractivity contribution in [3.05, 3.63) is 60.0 Å². The first-order valence-electron chi connectivity index (χ1n) is 12.7. The molecule has 12 heteroatoms. The summed E-state index contributed by atoms with van der Waals surface area (Å²) in [5.41, 5.74) is 1.06. The summed E-state index contributed by atoms with van der Waals surface area (Å²) in [5.74, 6) is 1.05. The molecule has 3 aliphatic heterocycles. The minimum absolute atomic E-state index is 0.0453. The van der Waals surface area contributed by atoms with Crippen molar-refractivity contribution in [2.75, 3.05) is 29.5 Å². The van der Waals surface area contributed by atoms with Crippen molar-refractivity contribution < 1.29 is 22.4 Å². The molecule has 38 heavy (non-hydrogen) atoms. The lowest BCUT2D eigenvalue weighted by Gasteiger charge is -2.41. The Labute approximate surface area is 222 Å². The number of para-hydroxylation sites is 1. The van der Waals surface area contributed by atoms with Crippen LogP contribution in [0.15, 0.2) is 47.0 Å². The van der Waals surface area contributed by atoms with Crippen molar-refractivity contribution in [3.8, 4) is 11.5 Å². The van der Waals surface area contributed by atoms with E-state index in [0.29, 0.717) is 29.9 Å². The van der Waals surface area contributed by atoms with E-state index in [4.69, 9.17) is 4.42 Å². The van der Waals surface area contributed by atoms with Gasteiger partial charge < -0.3 is 9.32 Å². The summed E-state index contributed by atoms with van der Waals surface area (Å²) in [6.07, 6.45) is 1.88. The number of carbonyl (C=O) groups excluding carboxylic acids is 1. The number of carbonyl (C=O) groups is 1. The molecule has 3 fully saturated rings. The second-order valence-electron chi connectivity index (χ2n) is 9.84. The maximum Gasteiger partial charge on any atom is 0.325 e. The fraction of sp³-hybridized carbons (Fsp3) is 0.462. The van der Waals surface area contributed by atoms with Gasteiger partial charge in [0.15, 0.2) is 0 Å². The molecular formula is C26H27F3N6O2S. The van der Waals surface area contributed by atoms with Gasteiger partial charge in [-0.3, -0.25) is 14.8 Å². The summed E-state index contributed by atoms with van der Waals surface area (Å²) in [6.45, 7) is 1.53. The van der Waals surface area contributed by atoms with Crippen LogP contribution < -0.4 is 4.90 Å². The highest BCUT2D eigenvalue weighted by atomic mass is 32.2. The number of thioether (sulfide) groups is 1. The second kappa shape index (κ2) is 10.6. The number of anilines is 1. The number of rotatable bonds is 6. The predicted molar refractivity (Wildman–Crippen MR) is 136 cm³/mol. The van der Waals surface area contributed by atoms with E-state index >= 15 is 0 Å². The first-order valence-corrected chi connectivity index (χ1v) is 13.9. The average Bonchev–Trinajstić information content (AvgIpc) is 3.69. The maximum absolute atomic E-state index is 14.9. The molecule has 0 radical (unpaired) electrons. The molecular weight excluding hydrogens is 517 g/mol. The van der Waals surface area contributed by atoms with Crippen molar-refractivity contribution in [3.63, 3.8) is 0 Å². The Bertz CT molecular complexity index is 1290. The number of pyridine rings is 1. The van der Waals surface area contributed by atoms with Gasteiger partial charge in [0.05, 0.1) is 23.5 Å². The van der Waals surface area contributed by atoms with Gasteiger partial charge in [-0.1, -0.05) is 12.1 Å². The number of aromatic nitrogens is 3. The number of benzene rings is 1. The van der Waals surface area contributed by atoms with Gasteiger partial charge in [0, 0.05) is 37.4 Å². The van der Waals surface area contributed by atoms with Crippen LogP contribution in [-0.4, -0.2) is 73.7 Å². The quantitative estimate of drug-likeness (QED) is 0.433. The molecule has 2 atom stereocenters. The van der Waals surface area contributed by atoms with E-state index in [1.54, 1.807) is 30.3 Å². The Morgan fingerprint density at radius 3 is 2.55 bits per heavy atom. The third kappa shape index (κ3) is 4.86. The SMILES string of the molecule is O=C(N(Cc1ccc(-c2nnc(C(F)F)o2)cn1)c1ccccc1F)N1C[C@@H]2C[C@H]1CN2C1CCSCC1. The molecule has 2 aromatic heterocycles. The van der Waals surface area contributed by atoms with Crippen molar-refractivity contribution in [2.45, 2.75) is 50.4 Å². The molecule has 3 aliphatic rings. The van der Waals surface area contributed by atoms with Gasteiger partial charge in [0.2, 0.25) is 5.89 Å². The van der Waals surface area contributed by atoms with Gasteiger partial charge in [0.1, 0.15) is 5.82 Å². The van der Waals surface area contributed by atoms with E-state index in [2.05, 4.69) is 20.1 Å². The lowest BCUT2D eigenvalue weighted by atomic mass is 10.1. The molecule has 2 amide bonds. The Balaban J connectivity index is 1.20. The number of hydrogen-bond donors (Lipinski definition) is 0. The van der Waals surface area contributed by atoms with E-state index in [-0.39, 0.29) is 30.2 Å². The molecule has 0 aliphatic carbocycles. The molecule has 0 spiro atoms. The van der Waals surface area contributed by atoms with Crippen LogP contribution in [0, 0.1) is 5.82 Å². The minimum atomic E-state index is -2.86. The standard InChI is InChI=1S/C26H27F3N6O2S/c27-21-3-1-2-4-22(21)35(13-17-6-5-16(12-30-17)24-31-32-25(37-24)23(28)29)26(36)34-15-19-11-20(34)14-33(19)18-7-9-38-10-8-18/h1-6,12,18-20,23H,7-11,13-15H2/t19-,20-/m0/s1. The first-order chi connectivity index (χ1) is 18.5. The highest BCUT2D eigenvalue weighted by Crippen LogP contribution is 2.37. The zero-order chi connectivity index (χ0) is 26.2. The number of fused-ring (bicyclic) bond motifs is 2. The van der Waals surface area contributed by atoms with Crippen molar-refractivity contribution >= 4 is 23.5 Å². The lowest BCUT2D eigenvalue weighted by Crippen LogP contribution is -2.55. The number of halogens is 3. The summed E-state index contributed by atoms with van der Waals surface area (Å²) in [6, 6.07) is 10.2. The van der Waals surface area contributed by atoms with E-state index in [1.165, 1.54) is 41.5 Å². The third-order valence-electron chi connectivity index (χ3n) is 7.58. The van der Waals surface area contributed by atoms with Crippen LogP contribution in [-0.2, 0) is 6.54 Å². The van der Waals surface area contributed by atoms with Gasteiger partial charge in [-0.15, -0.1) is 10.2 Å². The molecule has 0 N–H and O–H groups in total. The Hall–Kier alpha value is -3.12. The largest absolute Gasteiger partial charge is 0.415 e. The Kier molecular flexibility index (Phi) is 7.00. The van der Waals surface area contributed by atoms with Crippen LogP contribution in [0.3, 0.4) is 0 Å². The first kappa shape index (κ1) is 25.2. The van der Waals surface area contributed by atoms with E-state index in [0.717, 1.165) is 13.0 Å². The van der Waals surface area contributed by atoms with Crippen LogP contribution in [0.5, 0.6) is 0 Å². The van der Waals surface area contributed by atoms with Gasteiger partial charge >= 0.3 is 12.5 Å². The van der Waals surface area contributed by atoms with Crippen molar-refractivity contribution in [1.82, 2.24) is 25.0 Å². The van der Waals surface area contributed by atoms with Gasteiger partial charge in [-0.25, -0.2) is 9.18 Å². The van der Waals surface area contributed by atoms with E-state index in [9.17, 15) is 18.0 Å². The summed E-state index contributed by atoms with van der Waals surface area (Å²) in [5, 5.41) is 6.97. The highest BCUT2D eigenvalue weighted by molar-refractivity contribution is 7.99. The number of hydrogen-bond acceptors (Lipinski definition) is 7. The molecule has 0 saturated carbocycles. The van der Waals surface area contributed by atoms with Gasteiger partial charge in [-0.05, 0) is 55.0 Å². The molecule has 1 aromatic carbocycles. The topological polar surface area (TPSA) is 78.6 Å². The minimum Gasteiger partial charge on any atom is -0.415 e. The monoisotopic (exact) mass is 544 g/mol. The van der Waals surface area contributed by atoms with Crippen LogP contribution in [0.2, 0.25) is 0 Å². The summed E-state index contributed by atoms with van der Waals surface area (Å²) < 4.78 is 45.5. The highest BCUT2D eigenvalue weighted by Gasteiger charge is 2.48. The number of likely N-dealkylation sites (tertiary alicyclic amines) is 2. The molecule has 2 bridgehead atoms. The zero-order valence-corrected chi connectivity index (χ0v) is 21.4. The smallest absolute Gasteiger partial charge is 0.325 e. The van der Waals surface area contributed by atoms with Crippen LogP contribution in [0.4, 0.5) is 23.7 Å². The number of amides is 2. The molecule has 6 rings (SSSR count). The molecule has 8 nitrogen and oxygen atoms in total. The lowest BCUT2D eigenvalue weighted by molar-refractivity contribution is 0.101. The van der Waals surface area contributed by atoms with Crippen LogP contribution in [0.25, 0.3) is 11.5 Å². The third-order valence-corrected chi connectivity index (χ3v) is 8.63. The van der Waals surface area contributed by atoms with Crippen molar-refractivity contribution in [1.29, 1.82) is 0 Å². The maximum atomic E-state index is 14.9. The molecule has 3 saturated heterocycles. The zero-order valence-electron chi connectivity index (χ0n) is 20.5. The molecule has 0 unspecified atom stereocenters. The summed E-state index contributed by atoms with van der Waals surface area (Å²) in [7, 11) is 0. The van der Waals surface area contributed by atoms with E-state index in [1.807, 2.05) is 16.7 Å². The predicted octanol–water partition coefficient (Wildman–Crippen LogP) is 4.99. The number of piperazine rings is 1. The number of urea groups is 1. The van der Waals surface area contributed by atoms with Crippen LogP contribution in [0.1, 0.15) is 37.3 Å². The number of alkyl halides is 2. The summed E-state index contributed by atoms with van der Waals surface area (Å²) in [4.78, 5) is 24.1. The second-order valence-corrected chi connectivity index (χ2v) is 11.1.